The first-order chi connectivity index (χ1) is 12.5. The summed E-state index contributed by atoms with van der Waals surface area (Å²) in [6, 6.07) is 10.1. The zero-order chi connectivity index (χ0) is 18.3. The second kappa shape index (κ2) is 6.34. The fourth-order valence-electron chi connectivity index (χ4n) is 2.87. The first-order valence-electron chi connectivity index (χ1n) is 8.01. The van der Waals surface area contributed by atoms with Crippen molar-refractivity contribution in [2.24, 2.45) is 0 Å². The highest BCUT2D eigenvalue weighted by molar-refractivity contribution is 7.16. The van der Waals surface area contributed by atoms with Crippen molar-refractivity contribution in [3.63, 3.8) is 0 Å². The van der Waals surface area contributed by atoms with Gasteiger partial charge in [-0.2, -0.15) is 0 Å². The lowest BCUT2D eigenvalue weighted by atomic mass is 9.99. The highest BCUT2D eigenvalue weighted by Gasteiger charge is 2.27. The van der Waals surface area contributed by atoms with Gasteiger partial charge < -0.3 is 10.1 Å². The summed E-state index contributed by atoms with van der Waals surface area (Å²) in [6.45, 7) is 1.43. The molecule has 0 bridgehead atoms. The topological polar surface area (TPSA) is 85.4 Å². The molecule has 3 aromatic rings. The smallest absolute Gasteiger partial charge is 0.338 e. The lowest BCUT2D eigenvalue weighted by molar-refractivity contribution is -0.116. The van der Waals surface area contributed by atoms with Crippen molar-refractivity contribution in [2.45, 2.75) is 12.8 Å². The average Bonchev–Trinajstić information content (AvgIpc) is 3.23. The highest BCUT2D eigenvalue weighted by Crippen LogP contribution is 2.32. The Hall–Kier alpha value is -3.06. The van der Waals surface area contributed by atoms with Crippen LogP contribution < -0.4 is 5.32 Å². The molecule has 4 rings (SSSR count). The second-order valence-electron chi connectivity index (χ2n) is 6.05. The number of hydrogen-bond donors (Lipinski definition) is 1. The van der Waals surface area contributed by atoms with E-state index in [-0.39, 0.29) is 24.2 Å². The van der Waals surface area contributed by atoms with Gasteiger partial charge in [0.1, 0.15) is 0 Å². The second-order valence-corrected chi connectivity index (χ2v) is 6.93. The van der Waals surface area contributed by atoms with Crippen LogP contribution in [0, 0.1) is 0 Å². The van der Waals surface area contributed by atoms with Gasteiger partial charge in [-0.15, -0.1) is 11.3 Å². The molecule has 0 aliphatic carbocycles. The van der Waals surface area contributed by atoms with Crippen molar-refractivity contribution in [3.8, 4) is 0 Å². The maximum absolute atomic E-state index is 12.3. The SMILES string of the molecule is C[C@@H]1C(=O)Nc2ccc(C(=O)COC(=O)c3ccc4ncsc4c3)cc21. The summed E-state index contributed by atoms with van der Waals surface area (Å²) in [7, 11) is 0. The number of aromatic nitrogens is 1. The van der Waals surface area contributed by atoms with Crippen LogP contribution in [-0.2, 0) is 9.53 Å². The van der Waals surface area contributed by atoms with Crippen molar-refractivity contribution < 1.29 is 19.1 Å². The Morgan fingerprint density at radius 2 is 2.00 bits per heavy atom. The Morgan fingerprint density at radius 3 is 2.85 bits per heavy atom. The number of ketones is 1. The molecule has 1 atom stereocenters. The molecule has 0 radical (unpaired) electrons. The minimum absolute atomic E-state index is 0.0884. The van der Waals surface area contributed by atoms with E-state index in [0.29, 0.717) is 16.8 Å². The molecule has 0 saturated carbocycles. The largest absolute Gasteiger partial charge is 0.454 e. The van der Waals surface area contributed by atoms with Crippen LogP contribution in [0.25, 0.3) is 10.2 Å². The van der Waals surface area contributed by atoms with Gasteiger partial charge in [-0.05, 0) is 48.9 Å². The summed E-state index contributed by atoms with van der Waals surface area (Å²) in [5.41, 5.74) is 4.82. The minimum Gasteiger partial charge on any atom is -0.454 e. The van der Waals surface area contributed by atoms with Crippen LogP contribution in [0.15, 0.2) is 41.9 Å². The Morgan fingerprint density at radius 1 is 1.19 bits per heavy atom. The Labute approximate surface area is 152 Å². The summed E-state index contributed by atoms with van der Waals surface area (Å²) < 4.78 is 6.04. The van der Waals surface area contributed by atoms with E-state index in [1.807, 2.05) is 0 Å². The van der Waals surface area contributed by atoms with Gasteiger partial charge >= 0.3 is 5.97 Å². The first kappa shape index (κ1) is 16.4. The quantitative estimate of drug-likeness (QED) is 0.565. The van der Waals surface area contributed by atoms with Crippen molar-refractivity contribution in [2.75, 3.05) is 11.9 Å². The van der Waals surface area contributed by atoms with Crippen LogP contribution in [0.1, 0.15) is 39.1 Å². The van der Waals surface area contributed by atoms with E-state index >= 15 is 0 Å². The Bertz CT molecular complexity index is 1060. The molecular formula is C19H14N2O4S. The summed E-state index contributed by atoms with van der Waals surface area (Å²) in [5.74, 6) is -1.26. The van der Waals surface area contributed by atoms with Gasteiger partial charge in [0.2, 0.25) is 5.91 Å². The Kier molecular flexibility index (Phi) is 4.00. The fourth-order valence-corrected chi connectivity index (χ4v) is 3.59. The molecule has 1 amide bonds. The summed E-state index contributed by atoms with van der Waals surface area (Å²) >= 11 is 1.43. The molecule has 2 heterocycles. The van der Waals surface area contributed by atoms with E-state index in [2.05, 4.69) is 10.3 Å². The fraction of sp³-hybridized carbons (Fsp3) is 0.158. The molecule has 26 heavy (non-hydrogen) atoms. The maximum atomic E-state index is 12.3. The van der Waals surface area contributed by atoms with Gasteiger partial charge in [-0.25, -0.2) is 9.78 Å². The number of carbonyl (C=O) groups is 3. The van der Waals surface area contributed by atoms with Crippen LogP contribution in [0.2, 0.25) is 0 Å². The van der Waals surface area contributed by atoms with Crippen LogP contribution in [0.4, 0.5) is 5.69 Å². The van der Waals surface area contributed by atoms with Crippen molar-refractivity contribution in [1.82, 2.24) is 4.98 Å². The number of ether oxygens (including phenoxy) is 1. The van der Waals surface area contributed by atoms with Gasteiger partial charge in [-0.1, -0.05) is 0 Å². The number of carbonyl (C=O) groups excluding carboxylic acids is 3. The number of Topliss-reactive ketones (excluding diaryl/α,β-unsaturated/α-hetero) is 1. The van der Waals surface area contributed by atoms with Crippen molar-refractivity contribution >= 4 is 44.9 Å². The highest BCUT2D eigenvalue weighted by atomic mass is 32.1. The molecule has 1 aliphatic rings. The number of fused-ring (bicyclic) bond motifs is 2. The first-order valence-corrected chi connectivity index (χ1v) is 8.89. The van der Waals surface area contributed by atoms with Crippen molar-refractivity contribution in [1.29, 1.82) is 0 Å². The van der Waals surface area contributed by atoms with E-state index in [1.165, 1.54) is 11.3 Å². The lowest BCUT2D eigenvalue weighted by Crippen LogP contribution is -2.14. The molecule has 6 nitrogen and oxygen atoms in total. The molecule has 0 fully saturated rings. The number of amides is 1. The third-order valence-corrected chi connectivity index (χ3v) is 5.18. The predicted octanol–water partition coefficient (Wildman–Crippen LogP) is 3.39. The van der Waals surface area contributed by atoms with E-state index in [0.717, 1.165) is 15.8 Å². The number of thiazole rings is 1. The zero-order valence-electron chi connectivity index (χ0n) is 13.8. The molecule has 1 aliphatic heterocycles. The summed E-state index contributed by atoms with van der Waals surface area (Å²) in [5, 5.41) is 2.76. The molecule has 1 aromatic heterocycles. The number of nitrogens with one attached hydrogen (secondary N) is 1. The van der Waals surface area contributed by atoms with E-state index in [1.54, 1.807) is 48.8 Å². The predicted molar refractivity (Wildman–Crippen MR) is 97.7 cm³/mol. The maximum Gasteiger partial charge on any atom is 0.338 e. The van der Waals surface area contributed by atoms with Crippen LogP contribution in [-0.4, -0.2) is 29.3 Å². The van der Waals surface area contributed by atoms with E-state index < -0.39 is 5.97 Å². The third kappa shape index (κ3) is 2.86. The van der Waals surface area contributed by atoms with Gasteiger partial charge in [0.05, 0.1) is 27.2 Å². The number of benzene rings is 2. The summed E-state index contributed by atoms with van der Waals surface area (Å²) in [4.78, 5) is 40.4. The number of rotatable bonds is 4. The third-order valence-electron chi connectivity index (χ3n) is 4.39. The van der Waals surface area contributed by atoms with Gasteiger partial charge in [-0.3, -0.25) is 9.59 Å². The average molecular weight is 366 g/mol. The van der Waals surface area contributed by atoms with Crippen LogP contribution in [0.3, 0.4) is 0 Å². The Balaban J connectivity index is 1.45. The van der Waals surface area contributed by atoms with Crippen LogP contribution in [0.5, 0.6) is 0 Å². The van der Waals surface area contributed by atoms with Crippen LogP contribution >= 0.6 is 11.3 Å². The molecule has 130 valence electrons. The van der Waals surface area contributed by atoms with E-state index in [4.69, 9.17) is 4.74 Å². The molecule has 2 aromatic carbocycles. The molecule has 7 heteroatoms. The van der Waals surface area contributed by atoms with Gasteiger partial charge in [0.25, 0.3) is 0 Å². The molecular weight excluding hydrogens is 352 g/mol. The summed E-state index contributed by atoms with van der Waals surface area (Å²) in [6.07, 6.45) is 0. The minimum atomic E-state index is -0.556. The van der Waals surface area contributed by atoms with Gasteiger partial charge in [0, 0.05) is 11.3 Å². The monoisotopic (exact) mass is 366 g/mol. The molecule has 0 unspecified atom stereocenters. The number of esters is 1. The number of anilines is 1. The van der Waals surface area contributed by atoms with E-state index in [9.17, 15) is 14.4 Å². The lowest BCUT2D eigenvalue weighted by Gasteiger charge is -2.07. The zero-order valence-corrected chi connectivity index (χ0v) is 14.6. The number of nitrogens with zero attached hydrogens (tertiary/aromatic N) is 1. The molecule has 0 saturated heterocycles. The van der Waals surface area contributed by atoms with Crippen molar-refractivity contribution in [3.05, 3.63) is 58.6 Å². The molecule has 0 spiro atoms. The van der Waals surface area contributed by atoms with Gasteiger partial charge in [0.15, 0.2) is 12.4 Å². The normalized spacial score (nSPS) is 15.6. The number of hydrogen-bond acceptors (Lipinski definition) is 6. The standard InChI is InChI=1S/C19H14N2O4S/c1-10-13-6-11(2-4-14(13)21-18(10)23)16(22)8-25-19(24)12-3-5-15-17(7-12)26-9-20-15/h2-7,9-10H,8H2,1H3,(H,21,23)/t10-/m0/s1. The molecule has 1 N–H and O–H groups in total.